The number of thiocarbonyl (C=S) groups is 1. The van der Waals surface area contributed by atoms with Gasteiger partial charge in [0.15, 0.2) is 0 Å². The van der Waals surface area contributed by atoms with Crippen LogP contribution in [0.25, 0.3) is 0 Å². The largest absolute Gasteiger partial charge is 0.389 e. The molecule has 0 saturated heterocycles. The minimum atomic E-state index is -0.225. The fraction of sp³-hybridized carbons (Fsp3) is 0. The highest BCUT2D eigenvalue weighted by Gasteiger charge is 2.12. The first-order valence-corrected chi connectivity index (χ1v) is 7.51. The molecule has 0 unspecified atom stereocenters. The summed E-state index contributed by atoms with van der Waals surface area (Å²) in [5, 5.41) is 3.21. The van der Waals surface area contributed by atoms with E-state index in [4.69, 9.17) is 29.6 Å². The lowest BCUT2D eigenvalue weighted by Gasteiger charge is -2.10. The van der Waals surface area contributed by atoms with Crippen LogP contribution in [0.5, 0.6) is 0 Å². The van der Waals surface area contributed by atoms with Gasteiger partial charge in [-0.2, -0.15) is 0 Å². The second kappa shape index (κ2) is 6.51. The summed E-state index contributed by atoms with van der Waals surface area (Å²) in [5.74, 6) is -0.225. The predicted molar refractivity (Wildman–Crippen MR) is 94.5 cm³/mol. The molecule has 20 heavy (non-hydrogen) atoms. The van der Waals surface area contributed by atoms with Gasteiger partial charge in [0, 0.05) is 9.13 Å². The maximum Gasteiger partial charge on any atom is 0.256 e. The highest BCUT2D eigenvalue weighted by molar-refractivity contribution is 14.1. The monoisotopic (exact) mass is 416 g/mol. The maximum absolute atomic E-state index is 12.2. The summed E-state index contributed by atoms with van der Waals surface area (Å²) < 4.78 is 0.865. The number of anilines is 1. The maximum atomic E-state index is 12.2. The van der Waals surface area contributed by atoms with Crippen molar-refractivity contribution in [3.05, 3.63) is 62.2 Å². The SMILES string of the molecule is NC(=S)c1ccc(Cl)c(NC(=O)c2ccccc2I)c1. The van der Waals surface area contributed by atoms with E-state index < -0.39 is 0 Å². The molecule has 0 aliphatic rings. The molecular weight excluding hydrogens is 407 g/mol. The van der Waals surface area contributed by atoms with Crippen LogP contribution >= 0.6 is 46.4 Å². The van der Waals surface area contributed by atoms with Crippen molar-refractivity contribution in [1.29, 1.82) is 0 Å². The van der Waals surface area contributed by atoms with Gasteiger partial charge in [0.25, 0.3) is 5.91 Å². The molecule has 102 valence electrons. The van der Waals surface area contributed by atoms with Crippen molar-refractivity contribution in [3.8, 4) is 0 Å². The summed E-state index contributed by atoms with van der Waals surface area (Å²) >= 11 is 13.1. The molecule has 2 aromatic carbocycles. The summed E-state index contributed by atoms with van der Waals surface area (Å²) in [5.41, 5.74) is 7.30. The zero-order valence-corrected chi connectivity index (χ0v) is 13.9. The van der Waals surface area contributed by atoms with Crippen LogP contribution in [0, 0.1) is 3.57 Å². The molecule has 2 rings (SSSR count). The van der Waals surface area contributed by atoms with Crippen LogP contribution < -0.4 is 11.1 Å². The van der Waals surface area contributed by atoms with Gasteiger partial charge in [-0.05, 0) is 46.9 Å². The quantitative estimate of drug-likeness (QED) is 0.591. The van der Waals surface area contributed by atoms with E-state index in [0.717, 1.165) is 3.57 Å². The lowest BCUT2D eigenvalue weighted by atomic mass is 10.1. The molecule has 2 aromatic rings. The van der Waals surface area contributed by atoms with Crippen molar-refractivity contribution >= 4 is 63.0 Å². The summed E-state index contributed by atoms with van der Waals surface area (Å²) in [7, 11) is 0. The van der Waals surface area contributed by atoms with E-state index in [1.165, 1.54) is 0 Å². The van der Waals surface area contributed by atoms with Gasteiger partial charge in [0.2, 0.25) is 0 Å². The van der Waals surface area contributed by atoms with E-state index in [0.29, 0.717) is 21.8 Å². The lowest BCUT2D eigenvalue weighted by Crippen LogP contribution is -2.15. The van der Waals surface area contributed by atoms with Gasteiger partial charge in [-0.15, -0.1) is 0 Å². The number of rotatable bonds is 3. The molecule has 0 atom stereocenters. The Balaban J connectivity index is 2.30. The van der Waals surface area contributed by atoms with Gasteiger partial charge < -0.3 is 11.1 Å². The van der Waals surface area contributed by atoms with Crippen molar-refractivity contribution in [2.45, 2.75) is 0 Å². The standard InChI is InChI=1S/C14H10ClIN2OS/c15-10-6-5-8(13(17)20)7-12(10)18-14(19)9-3-1-2-4-11(9)16/h1-7H,(H2,17,20)(H,18,19). The number of amides is 1. The van der Waals surface area contributed by atoms with E-state index in [9.17, 15) is 4.79 Å². The molecule has 0 fully saturated rings. The Morgan fingerprint density at radius 1 is 1.25 bits per heavy atom. The molecule has 0 aliphatic heterocycles. The number of nitrogens with two attached hydrogens (primary N) is 1. The van der Waals surface area contributed by atoms with E-state index in [1.54, 1.807) is 24.3 Å². The van der Waals surface area contributed by atoms with Crippen LogP contribution in [0.4, 0.5) is 5.69 Å². The first-order chi connectivity index (χ1) is 9.49. The molecule has 1 amide bonds. The van der Waals surface area contributed by atoms with Crippen LogP contribution in [-0.4, -0.2) is 10.9 Å². The molecular formula is C14H10ClIN2OS. The second-order valence-electron chi connectivity index (χ2n) is 3.99. The van der Waals surface area contributed by atoms with E-state index in [-0.39, 0.29) is 10.9 Å². The zero-order chi connectivity index (χ0) is 14.7. The molecule has 0 radical (unpaired) electrons. The number of carbonyl (C=O) groups excluding carboxylic acids is 1. The average Bonchev–Trinajstić information content (AvgIpc) is 2.41. The molecule has 3 N–H and O–H groups in total. The van der Waals surface area contributed by atoms with E-state index in [2.05, 4.69) is 27.9 Å². The van der Waals surface area contributed by atoms with Crippen molar-refractivity contribution < 1.29 is 4.79 Å². The predicted octanol–water partition coefficient (Wildman–Crippen LogP) is 3.83. The smallest absolute Gasteiger partial charge is 0.256 e. The van der Waals surface area contributed by atoms with Crippen LogP contribution in [0.2, 0.25) is 5.02 Å². The van der Waals surface area contributed by atoms with Gasteiger partial charge >= 0.3 is 0 Å². The third kappa shape index (κ3) is 3.47. The fourth-order valence-electron chi connectivity index (χ4n) is 1.61. The van der Waals surface area contributed by atoms with Gasteiger partial charge in [0.1, 0.15) is 4.99 Å². The molecule has 0 saturated carbocycles. The van der Waals surface area contributed by atoms with Crippen molar-refractivity contribution in [1.82, 2.24) is 0 Å². The Bertz CT molecular complexity index is 691. The lowest BCUT2D eigenvalue weighted by molar-refractivity contribution is 0.102. The van der Waals surface area contributed by atoms with Crippen LogP contribution in [0.15, 0.2) is 42.5 Å². The van der Waals surface area contributed by atoms with Crippen LogP contribution in [0.3, 0.4) is 0 Å². The summed E-state index contributed by atoms with van der Waals surface area (Å²) in [6.45, 7) is 0. The number of nitrogens with one attached hydrogen (secondary N) is 1. The first kappa shape index (κ1) is 15.2. The summed E-state index contributed by atoms with van der Waals surface area (Å²) in [6, 6.07) is 12.3. The summed E-state index contributed by atoms with van der Waals surface area (Å²) in [4.78, 5) is 12.5. The number of hydrogen-bond donors (Lipinski definition) is 2. The topological polar surface area (TPSA) is 55.1 Å². The van der Waals surface area contributed by atoms with E-state index >= 15 is 0 Å². The molecule has 0 heterocycles. The first-order valence-electron chi connectivity index (χ1n) is 5.64. The molecule has 3 nitrogen and oxygen atoms in total. The Morgan fingerprint density at radius 3 is 2.60 bits per heavy atom. The fourth-order valence-corrected chi connectivity index (χ4v) is 2.53. The minimum Gasteiger partial charge on any atom is -0.389 e. The van der Waals surface area contributed by atoms with Crippen LogP contribution in [0.1, 0.15) is 15.9 Å². The Labute approximate surface area is 140 Å². The Morgan fingerprint density at radius 2 is 1.95 bits per heavy atom. The van der Waals surface area contributed by atoms with Gasteiger partial charge in [0.05, 0.1) is 16.3 Å². The Hall–Kier alpha value is -1.18. The van der Waals surface area contributed by atoms with Crippen LogP contribution in [-0.2, 0) is 0 Å². The third-order valence-corrected chi connectivity index (χ3v) is 4.12. The minimum absolute atomic E-state index is 0.225. The highest BCUT2D eigenvalue weighted by atomic mass is 127. The normalized spacial score (nSPS) is 10.1. The molecule has 6 heteroatoms. The van der Waals surface area contributed by atoms with Gasteiger partial charge in [-0.25, -0.2) is 0 Å². The van der Waals surface area contributed by atoms with Crippen molar-refractivity contribution in [2.24, 2.45) is 5.73 Å². The number of carbonyl (C=O) groups is 1. The second-order valence-corrected chi connectivity index (χ2v) is 6.00. The molecule has 0 bridgehead atoms. The zero-order valence-electron chi connectivity index (χ0n) is 10.2. The van der Waals surface area contributed by atoms with Crippen molar-refractivity contribution in [3.63, 3.8) is 0 Å². The third-order valence-electron chi connectivity index (χ3n) is 2.62. The number of benzene rings is 2. The number of halogens is 2. The number of hydrogen-bond acceptors (Lipinski definition) is 2. The summed E-state index contributed by atoms with van der Waals surface area (Å²) in [6.07, 6.45) is 0. The van der Waals surface area contributed by atoms with E-state index in [1.807, 2.05) is 18.2 Å². The average molecular weight is 417 g/mol. The Kier molecular flexibility index (Phi) is 4.95. The molecule has 0 spiro atoms. The highest BCUT2D eigenvalue weighted by Crippen LogP contribution is 2.24. The van der Waals surface area contributed by atoms with Gasteiger partial charge in [-0.1, -0.05) is 42.0 Å². The molecule has 0 aromatic heterocycles. The molecule has 0 aliphatic carbocycles. The van der Waals surface area contributed by atoms with Crippen molar-refractivity contribution in [2.75, 3.05) is 5.32 Å². The van der Waals surface area contributed by atoms with Gasteiger partial charge in [-0.3, -0.25) is 4.79 Å².